The molecule has 1 aliphatic heterocycles. The van der Waals surface area contributed by atoms with E-state index in [1.54, 1.807) is 30.3 Å². The number of alkyl halides is 3. The molecule has 178 valence electrons. The van der Waals surface area contributed by atoms with Gasteiger partial charge in [-0.1, -0.05) is 53.7 Å². The van der Waals surface area contributed by atoms with Gasteiger partial charge in [-0.2, -0.15) is 18.3 Å². The number of aldehydes is 1. The third-order valence-corrected chi connectivity index (χ3v) is 6.77. The van der Waals surface area contributed by atoms with Gasteiger partial charge < -0.3 is 9.32 Å². The van der Waals surface area contributed by atoms with Crippen molar-refractivity contribution < 1.29 is 22.5 Å². The number of benzene rings is 2. The molecular formula is C26H21F3N4O2. The zero-order chi connectivity index (χ0) is 24.2. The lowest BCUT2D eigenvalue weighted by molar-refractivity contribution is -0.136. The molecule has 0 saturated carbocycles. The molecule has 0 amide bonds. The summed E-state index contributed by atoms with van der Waals surface area (Å²) in [7, 11) is 0. The van der Waals surface area contributed by atoms with Crippen LogP contribution in [0, 0.1) is 5.92 Å². The molecule has 1 aliphatic carbocycles. The second kappa shape index (κ2) is 8.20. The molecule has 0 bridgehead atoms. The number of fused-ring (bicyclic) bond motifs is 3. The first-order chi connectivity index (χ1) is 16.9. The minimum atomic E-state index is -4.65. The molecule has 2 aromatic carbocycles. The predicted octanol–water partition coefficient (Wildman–Crippen LogP) is 5.15. The average Bonchev–Trinajstić information content (AvgIpc) is 3.46. The molecule has 0 unspecified atom stereocenters. The Bertz CT molecular complexity index is 1400. The van der Waals surface area contributed by atoms with Crippen molar-refractivity contribution in [3.05, 3.63) is 70.8 Å². The molecule has 2 aromatic heterocycles. The molecule has 9 heteroatoms. The van der Waals surface area contributed by atoms with Crippen molar-refractivity contribution in [2.24, 2.45) is 5.92 Å². The normalized spacial score (nSPS) is 16.0. The fraction of sp³-hybridized carbons (Fsp3) is 0.269. The quantitative estimate of drug-likeness (QED) is 0.402. The number of halogens is 3. The molecule has 35 heavy (non-hydrogen) atoms. The first-order valence-electron chi connectivity index (χ1n) is 11.4. The summed E-state index contributed by atoms with van der Waals surface area (Å²) in [5.74, 6) is -0.217. The van der Waals surface area contributed by atoms with Gasteiger partial charge in [0, 0.05) is 42.2 Å². The van der Waals surface area contributed by atoms with Gasteiger partial charge in [0.1, 0.15) is 23.2 Å². The number of aryl methyl sites for hydroxylation is 1. The maximum absolute atomic E-state index is 14.2. The minimum absolute atomic E-state index is 0.123. The van der Waals surface area contributed by atoms with Crippen LogP contribution in [0.1, 0.15) is 22.3 Å². The van der Waals surface area contributed by atoms with Gasteiger partial charge in [-0.15, -0.1) is 0 Å². The standard InChI is InChI=1S/C26H21F3N4O2/c27-26(28,29)21-22(17-4-2-1-3-5-17)32-35-25(21)24-20-9-7-18-10-15(11-33-12-16(13-33)14-34)6-8-19(18)23(20)30-31-24/h1-6,8,10,14,16H,7,9,11-13H2,(H,30,31). The zero-order valence-corrected chi connectivity index (χ0v) is 18.6. The van der Waals surface area contributed by atoms with Crippen molar-refractivity contribution in [2.45, 2.75) is 25.6 Å². The van der Waals surface area contributed by atoms with Crippen LogP contribution in [0.25, 0.3) is 34.0 Å². The Kier molecular flexibility index (Phi) is 5.10. The van der Waals surface area contributed by atoms with Gasteiger partial charge in [0.05, 0.1) is 5.69 Å². The van der Waals surface area contributed by atoms with Crippen LogP contribution in [-0.2, 0) is 30.4 Å². The molecular weight excluding hydrogens is 457 g/mol. The van der Waals surface area contributed by atoms with Gasteiger partial charge in [-0.25, -0.2) is 0 Å². The van der Waals surface area contributed by atoms with Gasteiger partial charge in [-0.3, -0.25) is 10.00 Å². The van der Waals surface area contributed by atoms with Crippen LogP contribution in [0.5, 0.6) is 0 Å². The van der Waals surface area contributed by atoms with Crippen LogP contribution in [0.15, 0.2) is 53.1 Å². The number of hydrogen-bond donors (Lipinski definition) is 1. The fourth-order valence-corrected chi connectivity index (χ4v) is 5.06. The summed E-state index contributed by atoms with van der Waals surface area (Å²) in [5.41, 5.74) is 3.92. The van der Waals surface area contributed by atoms with E-state index < -0.39 is 11.7 Å². The number of nitrogens with one attached hydrogen (secondary N) is 1. The number of H-pyrrole nitrogens is 1. The second-order valence-electron chi connectivity index (χ2n) is 9.11. The topological polar surface area (TPSA) is 75.0 Å². The molecule has 2 aliphatic rings. The number of carbonyl (C=O) groups is 1. The van der Waals surface area contributed by atoms with Crippen molar-refractivity contribution in [3.63, 3.8) is 0 Å². The maximum Gasteiger partial charge on any atom is 0.422 e. The van der Waals surface area contributed by atoms with Crippen molar-refractivity contribution in [1.82, 2.24) is 20.3 Å². The molecule has 1 fully saturated rings. The SMILES string of the molecule is O=CC1CN(Cc2ccc3c(c2)CCc2c-3n[nH]c2-c2onc(-c3ccccc3)c2C(F)(F)F)C1. The maximum atomic E-state index is 14.2. The first kappa shape index (κ1) is 21.8. The van der Waals surface area contributed by atoms with Gasteiger partial charge in [0.25, 0.3) is 0 Å². The summed E-state index contributed by atoms with van der Waals surface area (Å²) >= 11 is 0. The van der Waals surface area contributed by atoms with E-state index in [4.69, 9.17) is 4.52 Å². The lowest BCUT2D eigenvalue weighted by atomic mass is 9.87. The summed E-state index contributed by atoms with van der Waals surface area (Å²) in [6.45, 7) is 2.32. The largest absolute Gasteiger partial charge is 0.422 e. The summed E-state index contributed by atoms with van der Waals surface area (Å²) in [5, 5.41) is 11.0. The highest BCUT2D eigenvalue weighted by Gasteiger charge is 2.42. The van der Waals surface area contributed by atoms with Crippen LogP contribution in [0.4, 0.5) is 13.2 Å². The van der Waals surface area contributed by atoms with Crippen LogP contribution in [0.2, 0.25) is 0 Å². The van der Waals surface area contributed by atoms with E-state index in [2.05, 4.69) is 26.3 Å². The summed E-state index contributed by atoms with van der Waals surface area (Å²) < 4.78 is 47.8. The molecule has 0 atom stereocenters. The Morgan fingerprint density at radius 3 is 2.63 bits per heavy atom. The van der Waals surface area contributed by atoms with Crippen molar-refractivity contribution >= 4 is 6.29 Å². The number of hydrogen-bond acceptors (Lipinski definition) is 5. The molecule has 4 aromatic rings. The Balaban J connectivity index is 1.35. The van der Waals surface area contributed by atoms with Crippen molar-refractivity contribution in [3.8, 4) is 34.0 Å². The van der Waals surface area contributed by atoms with Crippen LogP contribution in [-0.4, -0.2) is 39.6 Å². The number of nitrogens with zero attached hydrogens (tertiary/aromatic N) is 3. The minimum Gasteiger partial charge on any atom is -0.353 e. The van der Waals surface area contributed by atoms with Crippen LogP contribution >= 0.6 is 0 Å². The first-order valence-corrected chi connectivity index (χ1v) is 11.4. The van der Waals surface area contributed by atoms with E-state index in [9.17, 15) is 18.0 Å². The van der Waals surface area contributed by atoms with Gasteiger partial charge in [-0.05, 0) is 24.0 Å². The van der Waals surface area contributed by atoms with Crippen LogP contribution in [0.3, 0.4) is 0 Å². The number of carbonyl (C=O) groups excluding carboxylic acids is 1. The van der Waals surface area contributed by atoms with E-state index >= 15 is 0 Å². The number of aromatic nitrogens is 3. The lowest BCUT2D eigenvalue weighted by Crippen LogP contribution is -2.46. The summed E-state index contributed by atoms with van der Waals surface area (Å²) in [4.78, 5) is 13.1. The van der Waals surface area contributed by atoms with E-state index in [0.717, 1.165) is 42.6 Å². The van der Waals surface area contributed by atoms with Gasteiger partial charge in [0.2, 0.25) is 0 Å². The number of aromatic amines is 1. The number of likely N-dealkylation sites (tertiary alicyclic amines) is 1. The van der Waals surface area contributed by atoms with Gasteiger partial charge >= 0.3 is 6.18 Å². The zero-order valence-electron chi connectivity index (χ0n) is 18.6. The lowest BCUT2D eigenvalue weighted by Gasteiger charge is -2.36. The van der Waals surface area contributed by atoms with E-state index in [1.807, 2.05) is 12.1 Å². The van der Waals surface area contributed by atoms with E-state index in [-0.39, 0.29) is 23.1 Å². The molecule has 3 heterocycles. The summed E-state index contributed by atoms with van der Waals surface area (Å²) in [6, 6.07) is 14.3. The molecule has 1 N–H and O–H groups in total. The molecule has 0 spiro atoms. The van der Waals surface area contributed by atoms with E-state index in [1.165, 1.54) is 0 Å². The fourth-order valence-electron chi connectivity index (χ4n) is 5.06. The smallest absolute Gasteiger partial charge is 0.353 e. The highest BCUT2D eigenvalue weighted by Crippen LogP contribution is 2.45. The molecule has 6 nitrogen and oxygen atoms in total. The second-order valence-corrected chi connectivity index (χ2v) is 9.11. The predicted molar refractivity (Wildman–Crippen MR) is 122 cm³/mol. The van der Waals surface area contributed by atoms with Crippen molar-refractivity contribution in [2.75, 3.05) is 13.1 Å². The third-order valence-electron chi connectivity index (χ3n) is 6.77. The Labute approximate surface area is 198 Å². The van der Waals surface area contributed by atoms with E-state index in [0.29, 0.717) is 29.7 Å². The Morgan fingerprint density at radius 2 is 1.89 bits per heavy atom. The van der Waals surface area contributed by atoms with Crippen molar-refractivity contribution in [1.29, 1.82) is 0 Å². The third kappa shape index (κ3) is 3.76. The highest BCUT2D eigenvalue weighted by molar-refractivity contribution is 5.80. The Hall–Kier alpha value is -3.72. The molecule has 0 radical (unpaired) electrons. The van der Waals surface area contributed by atoms with Gasteiger partial charge in [0.15, 0.2) is 5.76 Å². The molecule has 6 rings (SSSR count). The monoisotopic (exact) mass is 478 g/mol. The number of rotatable bonds is 5. The van der Waals surface area contributed by atoms with Crippen LogP contribution < -0.4 is 0 Å². The molecule has 1 saturated heterocycles. The average molecular weight is 478 g/mol. The highest BCUT2D eigenvalue weighted by atomic mass is 19.4. The summed E-state index contributed by atoms with van der Waals surface area (Å²) in [6.07, 6.45) is -2.44. The Morgan fingerprint density at radius 1 is 1.09 bits per heavy atom.